The van der Waals surface area contributed by atoms with Crippen LogP contribution in [0.2, 0.25) is 0 Å². The Kier molecular flexibility index (Phi) is 6.73. The van der Waals surface area contributed by atoms with E-state index < -0.39 is 17.7 Å². The third-order valence-electron chi connectivity index (χ3n) is 7.20. The Bertz CT molecular complexity index is 1180. The average molecular weight is 492 g/mol. The summed E-state index contributed by atoms with van der Waals surface area (Å²) in [6.07, 6.45) is 0.804. The van der Waals surface area contributed by atoms with E-state index in [0.29, 0.717) is 31.9 Å². The van der Waals surface area contributed by atoms with Crippen LogP contribution in [0.3, 0.4) is 0 Å². The van der Waals surface area contributed by atoms with Crippen LogP contribution in [0.5, 0.6) is 5.75 Å². The lowest BCUT2D eigenvalue weighted by atomic mass is 9.94. The Morgan fingerprint density at radius 2 is 1.78 bits per heavy atom. The molecule has 1 N–H and O–H groups in total. The predicted octanol–water partition coefficient (Wildman–Crippen LogP) is 2.83. The number of aliphatic hydroxyl groups is 1. The van der Waals surface area contributed by atoms with Crippen LogP contribution in [0.15, 0.2) is 48.0 Å². The number of hydrogen-bond acceptors (Lipinski definition) is 7. The molecular formula is C28H33N3O5. The highest BCUT2D eigenvalue weighted by molar-refractivity contribution is 6.46. The maximum absolute atomic E-state index is 13.4. The summed E-state index contributed by atoms with van der Waals surface area (Å²) in [5.41, 5.74) is 3.44. The van der Waals surface area contributed by atoms with E-state index >= 15 is 0 Å². The molecule has 0 aliphatic carbocycles. The second kappa shape index (κ2) is 9.95. The number of ether oxygens (including phenoxy) is 2. The summed E-state index contributed by atoms with van der Waals surface area (Å²) in [4.78, 5) is 32.5. The molecule has 3 aliphatic rings. The number of amides is 1. The number of nitrogens with zero attached hydrogens (tertiary/aromatic N) is 3. The Balaban J connectivity index is 1.53. The van der Waals surface area contributed by atoms with Gasteiger partial charge in [0.25, 0.3) is 11.7 Å². The van der Waals surface area contributed by atoms with E-state index in [9.17, 15) is 14.7 Å². The second-order valence-electron chi connectivity index (χ2n) is 9.89. The Hall–Kier alpha value is -3.36. The largest absolute Gasteiger partial charge is 0.507 e. The van der Waals surface area contributed by atoms with Crippen molar-refractivity contribution < 1.29 is 24.2 Å². The van der Waals surface area contributed by atoms with E-state index in [1.165, 1.54) is 0 Å². The van der Waals surface area contributed by atoms with Crippen molar-refractivity contribution >= 4 is 23.1 Å². The molecule has 0 bridgehead atoms. The Morgan fingerprint density at radius 1 is 1.06 bits per heavy atom. The number of ketones is 1. The summed E-state index contributed by atoms with van der Waals surface area (Å²) in [5.74, 6) is -0.585. The first kappa shape index (κ1) is 24.3. The van der Waals surface area contributed by atoms with Gasteiger partial charge in [-0.1, -0.05) is 12.1 Å². The summed E-state index contributed by atoms with van der Waals surface area (Å²) < 4.78 is 11.2. The summed E-state index contributed by atoms with van der Waals surface area (Å²) in [6.45, 7) is 5.93. The number of benzene rings is 2. The molecule has 0 spiro atoms. The zero-order valence-corrected chi connectivity index (χ0v) is 21.1. The Labute approximate surface area is 211 Å². The van der Waals surface area contributed by atoms with Crippen molar-refractivity contribution in [2.75, 3.05) is 58.4 Å². The normalized spacial score (nSPS) is 23.6. The lowest BCUT2D eigenvalue weighted by Gasteiger charge is -2.31. The smallest absolute Gasteiger partial charge is 0.295 e. The molecule has 3 heterocycles. The highest BCUT2D eigenvalue weighted by Gasteiger charge is 2.46. The fourth-order valence-corrected chi connectivity index (χ4v) is 5.21. The standard InChI is InChI=1S/C28H33N3O5/c1-18-16-21-17-20(6-9-23(21)36-18)26(32)24-25(19-4-7-22(8-5-19)29(2)3)31(28(34)27(24)33)11-10-30-12-14-35-15-13-30/h4-9,17-18,25,32H,10-16H2,1-3H3/t18-,25-/m0/s1. The van der Waals surface area contributed by atoms with Gasteiger partial charge in [0.2, 0.25) is 0 Å². The minimum atomic E-state index is -0.661. The van der Waals surface area contributed by atoms with Crippen molar-refractivity contribution in [3.63, 3.8) is 0 Å². The van der Waals surface area contributed by atoms with Gasteiger partial charge in [0.15, 0.2) is 0 Å². The highest BCUT2D eigenvalue weighted by atomic mass is 16.5. The van der Waals surface area contributed by atoms with Crippen LogP contribution in [-0.4, -0.2) is 86.2 Å². The summed E-state index contributed by atoms with van der Waals surface area (Å²) in [5, 5.41) is 11.4. The fraction of sp³-hybridized carbons (Fsp3) is 0.429. The summed E-state index contributed by atoms with van der Waals surface area (Å²) >= 11 is 0. The first-order valence-electron chi connectivity index (χ1n) is 12.5. The first-order chi connectivity index (χ1) is 17.3. The summed E-state index contributed by atoms with van der Waals surface area (Å²) in [6, 6.07) is 12.6. The number of carbonyl (C=O) groups excluding carboxylic acids is 2. The van der Waals surface area contributed by atoms with Gasteiger partial charge in [0.05, 0.1) is 24.8 Å². The predicted molar refractivity (Wildman–Crippen MR) is 137 cm³/mol. The molecule has 3 aliphatic heterocycles. The van der Waals surface area contributed by atoms with Crippen LogP contribution in [0, 0.1) is 0 Å². The van der Waals surface area contributed by atoms with Crippen molar-refractivity contribution in [1.29, 1.82) is 0 Å². The third kappa shape index (κ3) is 4.58. The maximum Gasteiger partial charge on any atom is 0.295 e. The van der Waals surface area contributed by atoms with E-state index in [0.717, 1.165) is 42.1 Å². The van der Waals surface area contributed by atoms with Gasteiger partial charge in [0, 0.05) is 57.9 Å². The molecule has 2 aromatic rings. The zero-order chi connectivity index (χ0) is 25.4. The van der Waals surface area contributed by atoms with Gasteiger partial charge < -0.3 is 24.4 Å². The maximum atomic E-state index is 13.4. The molecule has 0 unspecified atom stereocenters. The number of Topliss-reactive ketones (excluding diaryl/α,β-unsaturated/α-hetero) is 1. The molecule has 0 radical (unpaired) electrons. The van der Waals surface area contributed by atoms with Gasteiger partial charge in [0.1, 0.15) is 17.6 Å². The van der Waals surface area contributed by atoms with Crippen LogP contribution < -0.4 is 9.64 Å². The minimum absolute atomic E-state index is 0.0679. The van der Waals surface area contributed by atoms with Crippen molar-refractivity contribution in [3.8, 4) is 5.75 Å². The molecule has 0 saturated carbocycles. The highest BCUT2D eigenvalue weighted by Crippen LogP contribution is 2.41. The van der Waals surface area contributed by atoms with Crippen LogP contribution in [0.25, 0.3) is 5.76 Å². The van der Waals surface area contributed by atoms with E-state index in [2.05, 4.69) is 4.90 Å². The lowest BCUT2D eigenvalue weighted by Crippen LogP contribution is -2.42. The molecule has 0 aromatic heterocycles. The number of fused-ring (bicyclic) bond motifs is 1. The van der Waals surface area contributed by atoms with Crippen LogP contribution in [0.4, 0.5) is 5.69 Å². The molecular weight excluding hydrogens is 458 g/mol. The number of morpholine rings is 1. The van der Waals surface area contributed by atoms with Gasteiger partial charge in [-0.05, 0) is 48.4 Å². The van der Waals surface area contributed by atoms with E-state index in [1.807, 2.05) is 62.3 Å². The molecule has 1 amide bonds. The van der Waals surface area contributed by atoms with Gasteiger partial charge in [-0.15, -0.1) is 0 Å². The van der Waals surface area contributed by atoms with Gasteiger partial charge in [-0.25, -0.2) is 0 Å². The molecule has 2 fully saturated rings. The van der Waals surface area contributed by atoms with Crippen molar-refractivity contribution in [2.24, 2.45) is 0 Å². The molecule has 8 heteroatoms. The van der Waals surface area contributed by atoms with E-state index in [-0.39, 0.29) is 17.4 Å². The lowest BCUT2D eigenvalue weighted by molar-refractivity contribution is -0.140. The average Bonchev–Trinajstić information content (AvgIpc) is 3.38. The number of rotatable bonds is 6. The SMILES string of the molecule is C[C@H]1Cc2cc(C(O)=C3C(=O)C(=O)N(CCN4CCOCC4)[C@H]3c3ccc(N(C)C)cc3)ccc2O1. The van der Waals surface area contributed by atoms with Crippen LogP contribution in [-0.2, 0) is 20.7 Å². The van der Waals surface area contributed by atoms with Gasteiger partial charge in [-0.2, -0.15) is 0 Å². The van der Waals surface area contributed by atoms with Gasteiger partial charge in [-0.3, -0.25) is 14.5 Å². The number of hydrogen-bond donors (Lipinski definition) is 1. The molecule has 2 saturated heterocycles. The van der Waals surface area contributed by atoms with Crippen molar-refractivity contribution in [3.05, 3.63) is 64.7 Å². The molecule has 36 heavy (non-hydrogen) atoms. The number of carbonyl (C=O) groups is 2. The van der Waals surface area contributed by atoms with Crippen LogP contribution in [0.1, 0.15) is 29.7 Å². The molecule has 2 atom stereocenters. The first-order valence-corrected chi connectivity index (χ1v) is 12.5. The van der Waals surface area contributed by atoms with E-state index in [4.69, 9.17) is 9.47 Å². The molecule has 5 rings (SSSR count). The fourth-order valence-electron chi connectivity index (χ4n) is 5.21. The summed E-state index contributed by atoms with van der Waals surface area (Å²) in [7, 11) is 3.92. The minimum Gasteiger partial charge on any atom is -0.507 e. The third-order valence-corrected chi connectivity index (χ3v) is 7.20. The molecule has 8 nitrogen and oxygen atoms in total. The van der Waals surface area contributed by atoms with E-state index in [1.54, 1.807) is 11.0 Å². The van der Waals surface area contributed by atoms with Crippen molar-refractivity contribution in [1.82, 2.24) is 9.80 Å². The zero-order valence-electron chi connectivity index (χ0n) is 21.1. The number of aliphatic hydroxyl groups excluding tert-OH is 1. The monoisotopic (exact) mass is 491 g/mol. The number of likely N-dealkylation sites (tertiary alicyclic amines) is 1. The topological polar surface area (TPSA) is 82.5 Å². The van der Waals surface area contributed by atoms with Gasteiger partial charge >= 0.3 is 0 Å². The quantitative estimate of drug-likeness (QED) is 0.378. The van der Waals surface area contributed by atoms with Crippen molar-refractivity contribution in [2.45, 2.75) is 25.5 Å². The molecule has 2 aromatic carbocycles. The van der Waals surface area contributed by atoms with Crippen LogP contribution >= 0.6 is 0 Å². The number of anilines is 1. The Morgan fingerprint density at radius 3 is 2.47 bits per heavy atom. The second-order valence-corrected chi connectivity index (χ2v) is 9.89. The molecule has 190 valence electrons.